The van der Waals surface area contributed by atoms with Crippen LogP contribution in [0.4, 0.5) is 11.5 Å². The van der Waals surface area contributed by atoms with Gasteiger partial charge in [-0.2, -0.15) is 0 Å². The van der Waals surface area contributed by atoms with Gasteiger partial charge in [-0.25, -0.2) is 4.98 Å². The molecule has 0 radical (unpaired) electrons. The molecule has 2 N–H and O–H groups in total. The van der Waals surface area contributed by atoms with Crippen LogP contribution in [0.1, 0.15) is 5.69 Å². The third-order valence-corrected chi connectivity index (χ3v) is 2.53. The Bertz CT molecular complexity index is 458. The zero-order valence-corrected chi connectivity index (χ0v) is 11.2. The third kappa shape index (κ3) is 4.13. The molecule has 7 heteroatoms. The van der Waals surface area contributed by atoms with Crippen LogP contribution >= 0.6 is 0 Å². The number of rotatable bonds is 5. The fourth-order valence-electron chi connectivity index (χ4n) is 1.39. The summed E-state index contributed by atoms with van der Waals surface area (Å²) in [5, 5.41) is 0. The minimum atomic E-state index is -0.472. The van der Waals surface area contributed by atoms with Crippen LogP contribution in [0.3, 0.4) is 0 Å². The fourth-order valence-corrected chi connectivity index (χ4v) is 1.39. The maximum atomic E-state index is 11.3. The summed E-state index contributed by atoms with van der Waals surface area (Å²) in [6.07, 6.45) is 0. The van der Waals surface area contributed by atoms with Crippen molar-refractivity contribution in [2.24, 2.45) is 0 Å². The van der Waals surface area contributed by atoms with Crippen molar-refractivity contribution < 1.29 is 19.1 Å². The first-order valence-electron chi connectivity index (χ1n) is 5.59. The second-order valence-electron chi connectivity index (χ2n) is 3.85. The van der Waals surface area contributed by atoms with E-state index in [0.29, 0.717) is 17.2 Å². The Morgan fingerprint density at radius 3 is 2.16 bits per heavy atom. The summed E-state index contributed by atoms with van der Waals surface area (Å²) in [5.41, 5.74) is 6.84. The van der Waals surface area contributed by atoms with Gasteiger partial charge in [0.2, 0.25) is 0 Å². The number of aryl methyl sites for hydroxylation is 1. The van der Waals surface area contributed by atoms with Crippen LogP contribution < -0.4 is 10.6 Å². The van der Waals surface area contributed by atoms with Crippen LogP contribution in [0.25, 0.3) is 0 Å². The standard InChI is InChI=1S/C12H17N3O4/c1-8-9(13)4-5-10(14-8)15(6-11(16)18-2)7-12(17)19-3/h4-5H,6-7,13H2,1-3H3. The van der Waals surface area contributed by atoms with E-state index in [2.05, 4.69) is 14.5 Å². The molecular formula is C12H17N3O4. The van der Waals surface area contributed by atoms with Gasteiger partial charge in [0, 0.05) is 0 Å². The summed E-state index contributed by atoms with van der Waals surface area (Å²) >= 11 is 0. The highest BCUT2D eigenvalue weighted by molar-refractivity contribution is 5.80. The van der Waals surface area contributed by atoms with E-state index in [1.807, 2.05) is 0 Å². The van der Waals surface area contributed by atoms with Crippen LogP contribution in [0.2, 0.25) is 0 Å². The second-order valence-corrected chi connectivity index (χ2v) is 3.85. The number of methoxy groups -OCH3 is 2. The van der Waals surface area contributed by atoms with E-state index in [1.54, 1.807) is 19.1 Å². The summed E-state index contributed by atoms with van der Waals surface area (Å²) < 4.78 is 9.17. The molecule has 0 atom stereocenters. The quantitative estimate of drug-likeness (QED) is 0.757. The normalized spacial score (nSPS) is 9.84. The molecule has 104 valence electrons. The van der Waals surface area contributed by atoms with E-state index < -0.39 is 11.9 Å². The molecule has 7 nitrogen and oxygen atoms in total. The van der Waals surface area contributed by atoms with E-state index >= 15 is 0 Å². The first-order chi connectivity index (χ1) is 8.97. The number of nitrogens with two attached hydrogens (primary N) is 1. The predicted molar refractivity (Wildman–Crippen MR) is 69.6 cm³/mol. The summed E-state index contributed by atoms with van der Waals surface area (Å²) in [6.45, 7) is 1.55. The van der Waals surface area contributed by atoms with Gasteiger partial charge in [0.25, 0.3) is 0 Å². The lowest BCUT2D eigenvalue weighted by molar-refractivity contribution is -0.140. The molecule has 1 aromatic heterocycles. The molecule has 0 amide bonds. The van der Waals surface area contributed by atoms with Crippen molar-refractivity contribution in [2.45, 2.75) is 6.92 Å². The van der Waals surface area contributed by atoms with Gasteiger partial charge in [-0.3, -0.25) is 9.59 Å². The Morgan fingerprint density at radius 1 is 1.21 bits per heavy atom. The summed E-state index contributed by atoms with van der Waals surface area (Å²) in [4.78, 5) is 28.4. The Kier molecular flexibility index (Phi) is 5.11. The van der Waals surface area contributed by atoms with Crippen molar-refractivity contribution in [1.29, 1.82) is 0 Å². The van der Waals surface area contributed by atoms with Crippen molar-refractivity contribution in [3.05, 3.63) is 17.8 Å². The van der Waals surface area contributed by atoms with Gasteiger partial charge < -0.3 is 20.1 Å². The van der Waals surface area contributed by atoms with Gasteiger partial charge in [0.1, 0.15) is 18.9 Å². The molecule has 0 aromatic carbocycles. The van der Waals surface area contributed by atoms with Crippen LogP contribution in [-0.4, -0.2) is 44.2 Å². The van der Waals surface area contributed by atoms with Crippen LogP contribution in [0.15, 0.2) is 12.1 Å². The average Bonchev–Trinajstić information content (AvgIpc) is 2.40. The van der Waals surface area contributed by atoms with E-state index in [-0.39, 0.29) is 13.1 Å². The number of hydrogen-bond donors (Lipinski definition) is 1. The number of nitrogens with zero attached hydrogens (tertiary/aromatic N) is 2. The number of nitrogen functional groups attached to an aromatic ring is 1. The molecule has 0 saturated carbocycles. The number of aromatic nitrogens is 1. The van der Waals surface area contributed by atoms with Crippen molar-refractivity contribution in [3.8, 4) is 0 Å². The Morgan fingerprint density at radius 2 is 1.74 bits per heavy atom. The minimum absolute atomic E-state index is 0.0953. The molecule has 0 spiro atoms. The summed E-state index contributed by atoms with van der Waals surface area (Å²) in [7, 11) is 2.56. The highest BCUT2D eigenvalue weighted by Gasteiger charge is 2.17. The molecular weight excluding hydrogens is 250 g/mol. The second kappa shape index (κ2) is 6.58. The van der Waals surface area contributed by atoms with E-state index in [1.165, 1.54) is 19.1 Å². The maximum absolute atomic E-state index is 11.3. The van der Waals surface area contributed by atoms with Gasteiger partial charge in [0.15, 0.2) is 0 Å². The summed E-state index contributed by atoms with van der Waals surface area (Å²) in [5.74, 6) is -0.483. The van der Waals surface area contributed by atoms with Crippen molar-refractivity contribution in [3.63, 3.8) is 0 Å². The molecule has 19 heavy (non-hydrogen) atoms. The van der Waals surface area contributed by atoms with Gasteiger partial charge in [-0.15, -0.1) is 0 Å². The monoisotopic (exact) mass is 267 g/mol. The lowest BCUT2D eigenvalue weighted by atomic mass is 10.3. The number of hydrogen-bond acceptors (Lipinski definition) is 7. The lowest BCUT2D eigenvalue weighted by Crippen LogP contribution is -2.36. The number of esters is 2. The molecule has 0 bridgehead atoms. The minimum Gasteiger partial charge on any atom is -0.468 e. The molecule has 1 heterocycles. The average molecular weight is 267 g/mol. The lowest BCUT2D eigenvalue weighted by Gasteiger charge is -2.21. The van der Waals surface area contributed by atoms with E-state index in [9.17, 15) is 9.59 Å². The largest absolute Gasteiger partial charge is 0.468 e. The van der Waals surface area contributed by atoms with Gasteiger partial charge in [0.05, 0.1) is 25.6 Å². The molecule has 0 aliphatic rings. The van der Waals surface area contributed by atoms with Crippen LogP contribution in [0, 0.1) is 6.92 Å². The topological polar surface area (TPSA) is 94.8 Å². The highest BCUT2D eigenvalue weighted by atomic mass is 16.5. The first-order valence-corrected chi connectivity index (χ1v) is 5.59. The Balaban J connectivity index is 2.96. The molecule has 0 fully saturated rings. The summed E-state index contributed by atoms with van der Waals surface area (Å²) in [6, 6.07) is 3.30. The van der Waals surface area contributed by atoms with Gasteiger partial charge >= 0.3 is 11.9 Å². The highest BCUT2D eigenvalue weighted by Crippen LogP contribution is 2.16. The molecule has 0 aliphatic heterocycles. The third-order valence-electron chi connectivity index (χ3n) is 2.53. The number of carbonyl (C=O) groups excluding carboxylic acids is 2. The fraction of sp³-hybridized carbons (Fsp3) is 0.417. The van der Waals surface area contributed by atoms with Crippen molar-refractivity contribution >= 4 is 23.4 Å². The van der Waals surface area contributed by atoms with Crippen molar-refractivity contribution in [2.75, 3.05) is 37.9 Å². The Hall–Kier alpha value is -2.31. The SMILES string of the molecule is COC(=O)CN(CC(=O)OC)c1ccc(N)c(C)n1. The molecule has 0 aliphatic carbocycles. The maximum Gasteiger partial charge on any atom is 0.325 e. The zero-order valence-electron chi connectivity index (χ0n) is 11.2. The number of ether oxygens (including phenoxy) is 2. The zero-order chi connectivity index (χ0) is 14.4. The smallest absolute Gasteiger partial charge is 0.325 e. The van der Waals surface area contributed by atoms with Gasteiger partial charge in [-0.05, 0) is 19.1 Å². The molecule has 1 aromatic rings. The Labute approximate surface area is 111 Å². The molecule has 0 unspecified atom stereocenters. The molecule has 1 rings (SSSR count). The number of anilines is 2. The predicted octanol–water partition coefficient (Wildman–Crippen LogP) is 0.125. The van der Waals surface area contributed by atoms with Crippen LogP contribution in [0.5, 0.6) is 0 Å². The first kappa shape index (κ1) is 14.7. The van der Waals surface area contributed by atoms with Crippen LogP contribution in [-0.2, 0) is 19.1 Å². The van der Waals surface area contributed by atoms with E-state index in [0.717, 1.165) is 0 Å². The van der Waals surface area contributed by atoms with Gasteiger partial charge in [-0.1, -0.05) is 0 Å². The number of pyridine rings is 1. The number of carbonyl (C=O) groups is 2. The van der Waals surface area contributed by atoms with E-state index in [4.69, 9.17) is 5.73 Å². The molecule has 0 saturated heterocycles. The van der Waals surface area contributed by atoms with Crippen molar-refractivity contribution in [1.82, 2.24) is 4.98 Å².